The first-order valence-corrected chi connectivity index (χ1v) is 7.11. The Labute approximate surface area is 141 Å². The van der Waals surface area contributed by atoms with E-state index >= 15 is 0 Å². The summed E-state index contributed by atoms with van der Waals surface area (Å²) in [5.41, 5.74) is -1.03. The van der Waals surface area contributed by atoms with Crippen molar-refractivity contribution in [1.29, 1.82) is 0 Å². The summed E-state index contributed by atoms with van der Waals surface area (Å²) in [6.07, 6.45) is -4.52. The summed E-state index contributed by atoms with van der Waals surface area (Å²) in [6.45, 7) is -0.376. The SMILES string of the molecule is COc1ccc(OCC(=O)Nc2cc(C(F)(F)F)ccc2Cl)cc1. The minimum atomic E-state index is -4.52. The van der Waals surface area contributed by atoms with Crippen molar-refractivity contribution in [2.24, 2.45) is 0 Å². The largest absolute Gasteiger partial charge is 0.497 e. The normalized spacial score (nSPS) is 11.0. The molecule has 0 radical (unpaired) electrons. The van der Waals surface area contributed by atoms with Crippen molar-refractivity contribution >= 4 is 23.2 Å². The van der Waals surface area contributed by atoms with E-state index in [1.807, 2.05) is 0 Å². The van der Waals surface area contributed by atoms with Gasteiger partial charge in [0.1, 0.15) is 11.5 Å². The lowest BCUT2D eigenvalue weighted by atomic mass is 10.2. The van der Waals surface area contributed by atoms with E-state index in [1.54, 1.807) is 24.3 Å². The molecule has 24 heavy (non-hydrogen) atoms. The molecular formula is C16H13ClF3NO3. The second kappa shape index (κ2) is 7.44. The van der Waals surface area contributed by atoms with Gasteiger partial charge in [0, 0.05) is 0 Å². The number of hydrogen-bond acceptors (Lipinski definition) is 3. The average Bonchev–Trinajstić information content (AvgIpc) is 2.54. The summed E-state index contributed by atoms with van der Waals surface area (Å²) >= 11 is 5.80. The molecule has 2 rings (SSSR count). The molecule has 2 aromatic rings. The van der Waals surface area contributed by atoms with Crippen molar-refractivity contribution in [3.63, 3.8) is 0 Å². The molecule has 1 amide bonds. The van der Waals surface area contributed by atoms with Gasteiger partial charge in [-0.2, -0.15) is 13.2 Å². The molecule has 0 saturated heterocycles. The number of amides is 1. The molecule has 0 aliphatic rings. The third kappa shape index (κ3) is 4.79. The second-order valence-corrected chi connectivity index (χ2v) is 5.11. The lowest BCUT2D eigenvalue weighted by Gasteiger charge is -2.12. The van der Waals surface area contributed by atoms with Crippen LogP contribution in [0, 0.1) is 0 Å². The third-order valence-electron chi connectivity index (χ3n) is 3.00. The van der Waals surface area contributed by atoms with Gasteiger partial charge < -0.3 is 14.8 Å². The smallest absolute Gasteiger partial charge is 0.416 e. The maximum Gasteiger partial charge on any atom is 0.416 e. The molecule has 0 atom stereocenters. The number of anilines is 1. The maximum atomic E-state index is 12.7. The van der Waals surface area contributed by atoms with Crippen LogP contribution in [0.2, 0.25) is 5.02 Å². The van der Waals surface area contributed by atoms with Gasteiger partial charge in [0.25, 0.3) is 5.91 Å². The monoisotopic (exact) mass is 359 g/mol. The number of halogens is 4. The standard InChI is InChI=1S/C16H13ClF3NO3/c1-23-11-3-5-12(6-4-11)24-9-15(22)21-14-8-10(16(18,19)20)2-7-13(14)17/h2-8H,9H2,1H3,(H,21,22). The van der Waals surface area contributed by atoms with Crippen LogP contribution >= 0.6 is 11.6 Å². The summed E-state index contributed by atoms with van der Waals surface area (Å²) in [7, 11) is 1.52. The number of benzene rings is 2. The number of rotatable bonds is 5. The zero-order valence-electron chi connectivity index (χ0n) is 12.5. The Morgan fingerprint density at radius 3 is 2.33 bits per heavy atom. The molecule has 2 aromatic carbocycles. The predicted octanol–water partition coefficient (Wildman–Crippen LogP) is 4.38. The summed E-state index contributed by atoms with van der Waals surface area (Å²) in [4.78, 5) is 11.8. The van der Waals surface area contributed by atoms with E-state index < -0.39 is 17.6 Å². The van der Waals surface area contributed by atoms with Gasteiger partial charge in [0.15, 0.2) is 6.61 Å². The first-order valence-electron chi connectivity index (χ1n) is 6.73. The quantitative estimate of drug-likeness (QED) is 0.861. The second-order valence-electron chi connectivity index (χ2n) is 4.70. The van der Waals surface area contributed by atoms with Gasteiger partial charge in [-0.05, 0) is 42.5 Å². The molecule has 0 unspecified atom stereocenters. The highest BCUT2D eigenvalue weighted by molar-refractivity contribution is 6.33. The first kappa shape index (κ1) is 17.9. The van der Waals surface area contributed by atoms with Crippen LogP contribution in [0.15, 0.2) is 42.5 Å². The van der Waals surface area contributed by atoms with E-state index in [9.17, 15) is 18.0 Å². The highest BCUT2D eigenvalue weighted by Crippen LogP contribution is 2.33. The zero-order chi connectivity index (χ0) is 17.7. The van der Waals surface area contributed by atoms with Gasteiger partial charge >= 0.3 is 6.18 Å². The molecule has 0 saturated carbocycles. The number of nitrogens with one attached hydrogen (secondary N) is 1. The van der Waals surface area contributed by atoms with Crippen LogP contribution in [0.5, 0.6) is 11.5 Å². The topological polar surface area (TPSA) is 47.6 Å². The zero-order valence-corrected chi connectivity index (χ0v) is 13.2. The Kier molecular flexibility index (Phi) is 5.56. The molecule has 0 aliphatic carbocycles. The van der Waals surface area contributed by atoms with Gasteiger partial charge in [-0.15, -0.1) is 0 Å². The fourth-order valence-electron chi connectivity index (χ4n) is 1.80. The van der Waals surface area contributed by atoms with E-state index in [0.717, 1.165) is 18.2 Å². The Hall–Kier alpha value is -2.41. The first-order chi connectivity index (χ1) is 11.3. The Morgan fingerprint density at radius 1 is 1.12 bits per heavy atom. The number of alkyl halides is 3. The highest BCUT2D eigenvalue weighted by Gasteiger charge is 2.31. The molecule has 128 valence electrons. The lowest BCUT2D eigenvalue weighted by molar-refractivity contribution is -0.137. The van der Waals surface area contributed by atoms with Gasteiger partial charge in [-0.3, -0.25) is 4.79 Å². The van der Waals surface area contributed by atoms with Crippen LogP contribution in [0.4, 0.5) is 18.9 Å². The fraction of sp³-hybridized carbons (Fsp3) is 0.188. The number of carbonyl (C=O) groups is 1. The van der Waals surface area contributed by atoms with Crippen molar-refractivity contribution in [2.45, 2.75) is 6.18 Å². The molecule has 0 bridgehead atoms. The molecular weight excluding hydrogens is 347 g/mol. The predicted molar refractivity (Wildman–Crippen MR) is 83.6 cm³/mol. The lowest BCUT2D eigenvalue weighted by Crippen LogP contribution is -2.20. The molecule has 0 aliphatic heterocycles. The molecule has 0 spiro atoms. The summed E-state index contributed by atoms with van der Waals surface area (Å²) in [5, 5.41) is 2.30. The molecule has 0 fully saturated rings. The summed E-state index contributed by atoms with van der Waals surface area (Å²) < 4.78 is 48.3. The molecule has 0 heterocycles. The van der Waals surface area contributed by atoms with Gasteiger partial charge in [-0.25, -0.2) is 0 Å². The number of carbonyl (C=O) groups excluding carboxylic acids is 1. The molecule has 0 aromatic heterocycles. The van der Waals surface area contributed by atoms with E-state index in [4.69, 9.17) is 21.1 Å². The Morgan fingerprint density at radius 2 is 1.75 bits per heavy atom. The number of hydrogen-bond donors (Lipinski definition) is 1. The van der Waals surface area contributed by atoms with Crippen LogP contribution < -0.4 is 14.8 Å². The van der Waals surface area contributed by atoms with Crippen LogP contribution in [0.25, 0.3) is 0 Å². The van der Waals surface area contributed by atoms with Crippen molar-refractivity contribution in [2.75, 3.05) is 19.0 Å². The van der Waals surface area contributed by atoms with Gasteiger partial charge in [-0.1, -0.05) is 11.6 Å². The highest BCUT2D eigenvalue weighted by atomic mass is 35.5. The van der Waals surface area contributed by atoms with Gasteiger partial charge in [0.05, 0.1) is 23.4 Å². The molecule has 1 N–H and O–H groups in total. The van der Waals surface area contributed by atoms with E-state index in [2.05, 4.69) is 5.32 Å². The third-order valence-corrected chi connectivity index (χ3v) is 3.33. The van der Waals surface area contributed by atoms with E-state index in [-0.39, 0.29) is 17.3 Å². The minimum Gasteiger partial charge on any atom is -0.497 e. The van der Waals surface area contributed by atoms with Crippen molar-refractivity contribution in [3.8, 4) is 11.5 Å². The minimum absolute atomic E-state index is 0.000738. The van der Waals surface area contributed by atoms with E-state index in [1.165, 1.54) is 7.11 Å². The molecule has 4 nitrogen and oxygen atoms in total. The van der Waals surface area contributed by atoms with Crippen molar-refractivity contribution in [1.82, 2.24) is 0 Å². The average molecular weight is 360 g/mol. The van der Waals surface area contributed by atoms with Crippen LogP contribution in [-0.2, 0) is 11.0 Å². The van der Waals surface area contributed by atoms with Crippen molar-refractivity contribution in [3.05, 3.63) is 53.1 Å². The number of ether oxygens (including phenoxy) is 2. The van der Waals surface area contributed by atoms with E-state index in [0.29, 0.717) is 11.5 Å². The number of methoxy groups -OCH3 is 1. The van der Waals surface area contributed by atoms with Crippen LogP contribution in [0.3, 0.4) is 0 Å². The summed E-state index contributed by atoms with van der Waals surface area (Å²) in [5.74, 6) is 0.413. The Balaban J connectivity index is 1.99. The maximum absolute atomic E-state index is 12.7. The fourth-order valence-corrected chi connectivity index (χ4v) is 1.97. The Bertz CT molecular complexity index is 717. The molecule has 8 heteroatoms. The van der Waals surface area contributed by atoms with Crippen LogP contribution in [0.1, 0.15) is 5.56 Å². The summed E-state index contributed by atoms with van der Waals surface area (Å²) in [6, 6.07) is 9.18. The van der Waals surface area contributed by atoms with Crippen LogP contribution in [-0.4, -0.2) is 19.6 Å². The van der Waals surface area contributed by atoms with Crippen molar-refractivity contribution < 1.29 is 27.4 Å². The van der Waals surface area contributed by atoms with Gasteiger partial charge in [0.2, 0.25) is 0 Å².